The smallest absolute Gasteiger partial charge is 0.00139 e. The van der Waals surface area contributed by atoms with E-state index in [2.05, 4.69) is 30.3 Å². The Morgan fingerprint density at radius 2 is 1.31 bits per heavy atom. The third kappa shape index (κ3) is 1.24. The van der Waals surface area contributed by atoms with Crippen LogP contribution >= 0.6 is 0 Å². The van der Waals surface area contributed by atoms with E-state index < -0.39 is 0 Å². The van der Waals surface area contributed by atoms with Crippen molar-refractivity contribution in [2.45, 2.75) is 0 Å². The third-order valence-corrected chi connectivity index (χ3v) is 2.87. The Hall–Kier alpha value is -2.08. The molecule has 0 nitrogen and oxygen atoms in total. The topological polar surface area (TPSA) is 0 Å². The fourth-order valence-corrected chi connectivity index (χ4v) is 2.12. The van der Waals surface area contributed by atoms with Crippen molar-refractivity contribution in [2.24, 2.45) is 0 Å². The standard InChI is InChI=1S/C16H10/c1-2-14-15-9-5-3-7-12(15)11-13-8-4-6-10-16(13)14/h1-10H. The van der Waals surface area contributed by atoms with Gasteiger partial charge in [0.2, 0.25) is 0 Å². The fourth-order valence-electron chi connectivity index (χ4n) is 2.12. The SMILES string of the molecule is [CH]=Cc1c2ccccc2[c]c2ccccc12. The Balaban J connectivity index is 2.61. The van der Waals surface area contributed by atoms with Gasteiger partial charge in [-0.15, -0.1) is 0 Å². The van der Waals surface area contributed by atoms with Gasteiger partial charge in [0.1, 0.15) is 0 Å². The predicted molar refractivity (Wildman–Crippen MR) is 69.1 cm³/mol. The van der Waals surface area contributed by atoms with Gasteiger partial charge in [0.05, 0.1) is 0 Å². The molecule has 3 rings (SSSR count). The Morgan fingerprint density at radius 3 is 1.81 bits per heavy atom. The summed E-state index contributed by atoms with van der Waals surface area (Å²) in [6, 6.07) is 19.8. The van der Waals surface area contributed by atoms with Gasteiger partial charge in [0, 0.05) is 0 Å². The molecule has 0 saturated heterocycles. The molecule has 3 aromatic rings. The molecule has 0 atom stereocenters. The molecule has 0 N–H and O–H groups in total. The van der Waals surface area contributed by atoms with E-state index in [9.17, 15) is 0 Å². The summed E-state index contributed by atoms with van der Waals surface area (Å²) in [5, 5.41) is 4.53. The van der Waals surface area contributed by atoms with Crippen molar-refractivity contribution in [2.75, 3.05) is 0 Å². The van der Waals surface area contributed by atoms with Crippen LogP contribution in [0.25, 0.3) is 27.6 Å². The molecule has 0 heterocycles. The average Bonchev–Trinajstić information content (AvgIpc) is 2.36. The largest absolute Gasteiger partial charge is 0.0616 e. The highest BCUT2D eigenvalue weighted by Crippen LogP contribution is 2.28. The summed E-state index contributed by atoms with van der Waals surface area (Å²) < 4.78 is 0. The minimum Gasteiger partial charge on any atom is -0.0616 e. The van der Waals surface area contributed by atoms with Gasteiger partial charge in [-0.1, -0.05) is 61.2 Å². The van der Waals surface area contributed by atoms with Crippen molar-refractivity contribution >= 4 is 27.6 Å². The van der Waals surface area contributed by atoms with Crippen LogP contribution in [0.5, 0.6) is 0 Å². The van der Waals surface area contributed by atoms with Gasteiger partial charge >= 0.3 is 0 Å². The maximum Gasteiger partial charge on any atom is -0.00139 e. The molecule has 0 aromatic heterocycles. The Bertz CT molecular complexity index is 624. The second-order valence-corrected chi connectivity index (χ2v) is 3.80. The molecule has 16 heavy (non-hydrogen) atoms. The van der Waals surface area contributed by atoms with Gasteiger partial charge in [-0.25, -0.2) is 0 Å². The summed E-state index contributed by atoms with van der Waals surface area (Å²) >= 11 is 0. The molecule has 0 aliphatic heterocycles. The first-order chi connectivity index (χ1) is 7.90. The first-order valence-corrected chi connectivity index (χ1v) is 5.28. The van der Waals surface area contributed by atoms with Gasteiger partial charge in [0.15, 0.2) is 0 Å². The minimum absolute atomic E-state index is 1.09. The average molecular weight is 202 g/mol. The number of fused-ring (bicyclic) bond motifs is 2. The van der Waals surface area contributed by atoms with Crippen LogP contribution in [0.4, 0.5) is 0 Å². The molecule has 2 radical (unpaired) electrons. The molecule has 74 valence electrons. The molecule has 0 aliphatic carbocycles. The van der Waals surface area contributed by atoms with E-state index in [-0.39, 0.29) is 0 Å². The van der Waals surface area contributed by atoms with Crippen molar-refractivity contribution in [3.05, 3.63) is 66.7 Å². The van der Waals surface area contributed by atoms with Crippen LogP contribution < -0.4 is 0 Å². The highest BCUT2D eigenvalue weighted by molar-refractivity contribution is 6.05. The third-order valence-electron chi connectivity index (χ3n) is 2.87. The van der Waals surface area contributed by atoms with Crippen molar-refractivity contribution in [1.29, 1.82) is 0 Å². The lowest BCUT2D eigenvalue weighted by molar-refractivity contribution is 1.73. The first kappa shape index (κ1) is 9.17. The Morgan fingerprint density at radius 1 is 0.812 bits per heavy atom. The van der Waals surface area contributed by atoms with Gasteiger partial charge in [-0.05, 0) is 33.2 Å². The van der Waals surface area contributed by atoms with E-state index in [1.807, 2.05) is 24.3 Å². The highest BCUT2D eigenvalue weighted by Gasteiger charge is 2.03. The lowest BCUT2D eigenvalue weighted by atomic mass is 9.97. The molecule has 0 bridgehead atoms. The number of benzene rings is 3. The minimum atomic E-state index is 1.09. The summed E-state index contributed by atoms with van der Waals surface area (Å²) in [7, 11) is 0. The summed E-state index contributed by atoms with van der Waals surface area (Å²) in [6.07, 6.45) is 1.68. The van der Waals surface area contributed by atoms with E-state index in [0.717, 1.165) is 27.1 Å². The molecule has 0 unspecified atom stereocenters. The maximum absolute atomic E-state index is 5.74. The molecular weight excluding hydrogens is 192 g/mol. The predicted octanol–water partition coefficient (Wildman–Crippen LogP) is 4.24. The lowest BCUT2D eigenvalue weighted by Crippen LogP contribution is -1.82. The van der Waals surface area contributed by atoms with E-state index in [1.165, 1.54) is 0 Å². The van der Waals surface area contributed by atoms with E-state index in [0.29, 0.717) is 0 Å². The number of rotatable bonds is 1. The van der Waals surface area contributed by atoms with Gasteiger partial charge in [0.25, 0.3) is 0 Å². The summed E-state index contributed by atoms with van der Waals surface area (Å²) in [5.74, 6) is 0. The van der Waals surface area contributed by atoms with Crippen LogP contribution in [0.15, 0.2) is 48.5 Å². The zero-order chi connectivity index (χ0) is 11.0. The monoisotopic (exact) mass is 202 g/mol. The number of hydrogen-bond acceptors (Lipinski definition) is 0. The molecule has 0 saturated carbocycles. The van der Waals surface area contributed by atoms with E-state index in [4.69, 9.17) is 6.58 Å². The van der Waals surface area contributed by atoms with Gasteiger partial charge in [-0.2, -0.15) is 0 Å². The van der Waals surface area contributed by atoms with E-state index >= 15 is 0 Å². The first-order valence-electron chi connectivity index (χ1n) is 5.28. The second kappa shape index (κ2) is 3.49. The van der Waals surface area contributed by atoms with Gasteiger partial charge in [-0.3, -0.25) is 0 Å². The Kier molecular flexibility index (Phi) is 2.00. The van der Waals surface area contributed by atoms with Crippen LogP contribution in [-0.4, -0.2) is 0 Å². The van der Waals surface area contributed by atoms with Crippen LogP contribution in [0, 0.1) is 12.6 Å². The molecule has 0 amide bonds. The van der Waals surface area contributed by atoms with Gasteiger partial charge < -0.3 is 0 Å². The van der Waals surface area contributed by atoms with Crippen molar-refractivity contribution in [1.82, 2.24) is 0 Å². The summed E-state index contributed by atoms with van der Waals surface area (Å²) in [4.78, 5) is 0. The summed E-state index contributed by atoms with van der Waals surface area (Å²) in [6.45, 7) is 5.74. The molecule has 0 fully saturated rings. The molecular formula is C16H10. The molecule has 0 spiro atoms. The number of hydrogen-bond donors (Lipinski definition) is 0. The fraction of sp³-hybridized carbons (Fsp3) is 0. The second-order valence-electron chi connectivity index (χ2n) is 3.80. The van der Waals surface area contributed by atoms with E-state index in [1.54, 1.807) is 6.08 Å². The highest BCUT2D eigenvalue weighted by atomic mass is 14.1. The summed E-state index contributed by atoms with van der Waals surface area (Å²) in [5.41, 5.74) is 1.09. The molecule has 3 aromatic carbocycles. The van der Waals surface area contributed by atoms with Crippen molar-refractivity contribution in [3.8, 4) is 0 Å². The van der Waals surface area contributed by atoms with Crippen LogP contribution in [0.3, 0.4) is 0 Å². The normalized spacial score (nSPS) is 10.8. The zero-order valence-electron chi connectivity index (χ0n) is 8.77. The van der Waals surface area contributed by atoms with Crippen molar-refractivity contribution in [3.63, 3.8) is 0 Å². The molecule has 0 heteroatoms. The van der Waals surface area contributed by atoms with Crippen LogP contribution in [-0.2, 0) is 0 Å². The maximum atomic E-state index is 5.74. The van der Waals surface area contributed by atoms with Crippen LogP contribution in [0.2, 0.25) is 0 Å². The Labute approximate surface area is 94.8 Å². The molecule has 0 aliphatic rings. The quantitative estimate of drug-likeness (QED) is 0.518. The lowest BCUT2D eigenvalue weighted by Gasteiger charge is -2.06. The zero-order valence-corrected chi connectivity index (χ0v) is 8.77. The van der Waals surface area contributed by atoms with Crippen LogP contribution in [0.1, 0.15) is 5.56 Å². The van der Waals surface area contributed by atoms with Crippen molar-refractivity contribution < 1.29 is 0 Å².